The second-order valence-electron chi connectivity index (χ2n) is 4.83. The van der Waals surface area contributed by atoms with E-state index in [0.717, 1.165) is 18.7 Å². The van der Waals surface area contributed by atoms with Crippen LogP contribution in [0.15, 0.2) is 33.5 Å². The van der Waals surface area contributed by atoms with Gasteiger partial charge in [0.05, 0.1) is 6.26 Å². The minimum absolute atomic E-state index is 0.119. The number of hydrogen-bond donors (Lipinski definition) is 1. The van der Waals surface area contributed by atoms with Crippen molar-refractivity contribution in [1.82, 2.24) is 5.32 Å². The van der Waals surface area contributed by atoms with Crippen molar-refractivity contribution in [2.24, 2.45) is 10.9 Å². The molecule has 2 heterocycles. The van der Waals surface area contributed by atoms with E-state index in [0.29, 0.717) is 17.4 Å². The lowest BCUT2D eigenvalue weighted by atomic mass is 9.88. The predicted octanol–water partition coefficient (Wildman–Crippen LogP) is 2.73. The topological polar surface area (TPSA) is 54.6 Å². The Morgan fingerprint density at radius 1 is 1.33 bits per heavy atom. The zero-order valence-corrected chi connectivity index (χ0v) is 10.2. The minimum atomic E-state index is -0.119. The molecular weight excluding hydrogens is 228 g/mol. The fourth-order valence-corrected chi connectivity index (χ4v) is 2.56. The first-order chi connectivity index (χ1) is 8.83. The second kappa shape index (κ2) is 4.80. The summed E-state index contributed by atoms with van der Waals surface area (Å²) in [6.07, 6.45) is 9.30. The van der Waals surface area contributed by atoms with Gasteiger partial charge in [0.15, 0.2) is 0 Å². The molecule has 1 aromatic heterocycles. The average Bonchev–Trinajstić information content (AvgIpc) is 3.02. The van der Waals surface area contributed by atoms with Crippen molar-refractivity contribution in [2.45, 2.75) is 32.1 Å². The van der Waals surface area contributed by atoms with E-state index >= 15 is 0 Å². The Bertz CT molecular complexity index is 494. The largest absolute Gasteiger partial charge is 0.465 e. The van der Waals surface area contributed by atoms with Gasteiger partial charge in [-0.2, -0.15) is 0 Å². The maximum atomic E-state index is 11.8. The van der Waals surface area contributed by atoms with Gasteiger partial charge < -0.3 is 9.73 Å². The molecule has 0 unspecified atom stereocenters. The Kier molecular flexibility index (Phi) is 3.00. The van der Waals surface area contributed by atoms with Gasteiger partial charge >= 0.3 is 0 Å². The van der Waals surface area contributed by atoms with E-state index < -0.39 is 0 Å². The van der Waals surface area contributed by atoms with E-state index in [1.165, 1.54) is 19.3 Å². The maximum Gasteiger partial charge on any atom is 0.275 e. The van der Waals surface area contributed by atoms with Crippen LogP contribution in [-0.4, -0.2) is 11.7 Å². The Morgan fingerprint density at radius 3 is 2.89 bits per heavy atom. The lowest BCUT2D eigenvalue weighted by Gasteiger charge is -2.20. The Labute approximate surface area is 106 Å². The molecule has 1 amide bonds. The van der Waals surface area contributed by atoms with E-state index in [-0.39, 0.29) is 5.91 Å². The molecule has 0 spiro atoms. The van der Waals surface area contributed by atoms with Crippen LogP contribution in [0.3, 0.4) is 0 Å². The lowest BCUT2D eigenvalue weighted by Crippen LogP contribution is -2.31. The van der Waals surface area contributed by atoms with Crippen LogP contribution in [0, 0.1) is 5.92 Å². The summed E-state index contributed by atoms with van der Waals surface area (Å²) >= 11 is 0. The number of amidine groups is 1. The molecule has 0 saturated heterocycles. The maximum absolute atomic E-state index is 11.8. The van der Waals surface area contributed by atoms with Gasteiger partial charge in [-0.3, -0.25) is 4.79 Å². The summed E-state index contributed by atoms with van der Waals surface area (Å²) in [5.41, 5.74) is 0.450. The summed E-state index contributed by atoms with van der Waals surface area (Å²) in [7, 11) is 0. The highest BCUT2D eigenvalue weighted by Gasteiger charge is 2.27. The fourth-order valence-electron chi connectivity index (χ4n) is 2.56. The molecule has 4 heteroatoms. The normalized spacial score (nSPS) is 23.2. The summed E-state index contributed by atoms with van der Waals surface area (Å²) in [4.78, 5) is 16.2. The van der Waals surface area contributed by atoms with Crippen molar-refractivity contribution >= 4 is 17.8 Å². The number of rotatable bonds is 2. The number of aliphatic imine (C=N–C) groups is 1. The number of furan rings is 1. The Hall–Kier alpha value is -1.84. The number of carbonyl (C=O) groups excluding carboxylic acids is 1. The van der Waals surface area contributed by atoms with Crippen LogP contribution in [0.1, 0.15) is 37.9 Å². The summed E-state index contributed by atoms with van der Waals surface area (Å²) in [5.74, 6) is 1.81. The molecule has 4 nitrogen and oxygen atoms in total. The van der Waals surface area contributed by atoms with Crippen LogP contribution >= 0.6 is 0 Å². The van der Waals surface area contributed by atoms with Crippen molar-refractivity contribution < 1.29 is 9.21 Å². The van der Waals surface area contributed by atoms with Gasteiger partial charge in [-0.1, -0.05) is 19.3 Å². The van der Waals surface area contributed by atoms with Crippen LogP contribution < -0.4 is 5.32 Å². The van der Waals surface area contributed by atoms with Crippen molar-refractivity contribution in [1.29, 1.82) is 0 Å². The van der Waals surface area contributed by atoms with E-state index in [1.54, 1.807) is 18.4 Å². The molecule has 0 radical (unpaired) electrons. The van der Waals surface area contributed by atoms with Crippen LogP contribution in [0.2, 0.25) is 0 Å². The number of nitrogens with one attached hydrogen (secondary N) is 1. The summed E-state index contributed by atoms with van der Waals surface area (Å²) < 4.78 is 5.20. The van der Waals surface area contributed by atoms with Gasteiger partial charge in [0.1, 0.15) is 17.3 Å². The molecule has 1 saturated carbocycles. The zero-order chi connectivity index (χ0) is 12.4. The van der Waals surface area contributed by atoms with Gasteiger partial charge in [-0.25, -0.2) is 4.99 Å². The SMILES string of the molecule is O=C1NC(C2CCCCC2)=N/C1=C/c1ccco1. The monoisotopic (exact) mass is 244 g/mol. The van der Waals surface area contributed by atoms with Crippen LogP contribution in [0.25, 0.3) is 6.08 Å². The molecule has 18 heavy (non-hydrogen) atoms. The van der Waals surface area contributed by atoms with Crippen molar-refractivity contribution in [2.75, 3.05) is 0 Å². The van der Waals surface area contributed by atoms with Gasteiger partial charge in [-0.05, 0) is 25.0 Å². The van der Waals surface area contributed by atoms with Crippen LogP contribution in [0.4, 0.5) is 0 Å². The molecule has 1 N–H and O–H groups in total. The van der Waals surface area contributed by atoms with Crippen molar-refractivity contribution in [3.05, 3.63) is 29.9 Å². The highest BCUT2D eigenvalue weighted by molar-refractivity contribution is 6.14. The van der Waals surface area contributed by atoms with Gasteiger partial charge in [-0.15, -0.1) is 0 Å². The first kappa shape index (κ1) is 11.3. The predicted molar refractivity (Wildman–Crippen MR) is 68.8 cm³/mol. The lowest BCUT2D eigenvalue weighted by molar-refractivity contribution is -0.115. The van der Waals surface area contributed by atoms with Gasteiger partial charge in [0.25, 0.3) is 5.91 Å². The quantitative estimate of drug-likeness (QED) is 0.813. The van der Waals surface area contributed by atoms with E-state index in [9.17, 15) is 4.79 Å². The number of carbonyl (C=O) groups is 1. The molecule has 0 atom stereocenters. The molecule has 1 aromatic rings. The third kappa shape index (κ3) is 2.23. The Balaban J connectivity index is 1.80. The highest BCUT2D eigenvalue weighted by Crippen LogP contribution is 2.26. The zero-order valence-electron chi connectivity index (χ0n) is 10.2. The van der Waals surface area contributed by atoms with Crippen LogP contribution in [-0.2, 0) is 4.79 Å². The standard InChI is InChI=1S/C14H16N2O2/c17-14-12(9-11-7-4-8-18-11)15-13(16-14)10-5-2-1-3-6-10/h4,7-10H,1-3,5-6H2,(H,15,16,17)/b12-9+. The number of nitrogens with zero attached hydrogens (tertiary/aromatic N) is 1. The smallest absolute Gasteiger partial charge is 0.275 e. The van der Waals surface area contributed by atoms with Crippen molar-refractivity contribution in [3.8, 4) is 0 Å². The number of amides is 1. The Morgan fingerprint density at radius 2 is 2.17 bits per heavy atom. The van der Waals surface area contributed by atoms with E-state index in [4.69, 9.17) is 4.42 Å². The van der Waals surface area contributed by atoms with E-state index in [1.807, 2.05) is 6.07 Å². The first-order valence-electron chi connectivity index (χ1n) is 6.48. The van der Waals surface area contributed by atoms with Crippen molar-refractivity contribution in [3.63, 3.8) is 0 Å². The molecule has 1 fully saturated rings. The molecule has 3 rings (SSSR count). The van der Waals surface area contributed by atoms with Gasteiger partial charge in [0.2, 0.25) is 0 Å². The summed E-state index contributed by atoms with van der Waals surface area (Å²) in [6, 6.07) is 3.61. The van der Waals surface area contributed by atoms with Crippen LogP contribution in [0.5, 0.6) is 0 Å². The molecule has 1 aliphatic carbocycles. The third-order valence-electron chi connectivity index (χ3n) is 3.53. The summed E-state index contributed by atoms with van der Waals surface area (Å²) in [5, 5.41) is 2.89. The van der Waals surface area contributed by atoms with E-state index in [2.05, 4.69) is 10.3 Å². The van der Waals surface area contributed by atoms with Gasteiger partial charge in [0, 0.05) is 12.0 Å². The number of hydrogen-bond acceptors (Lipinski definition) is 3. The molecule has 0 aromatic carbocycles. The third-order valence-corrected chi connectivity index (χ3v) is 3.53. The highest BCUT2D eigenvalue weighted by atomic mass is 16.3. The molecule has 0 bridgehead atoms. The second-order valence-corrected chi connectivity index (χ2v) is 4.83. The molecule has 94 valence electrons. The molecular formula is C14H16N2O2. The minimum Gasteiger partial charge on any atom is -0.465 e. The molecule has 1 aliphatic heterocycles. The molecule has 2 aliphatic rings. The average molecular weight is 244 g/mol. The summed E-state index contributed by atoms with van der Waals surface area (Å²) in [6.45, 7) is 0. The fraction of sp³-hybridized carbons (Fsp3) is 0.429. The first-order valence-corrected chi connectivity index (χ1v) is 6.48.